The van der Waals surface area contributed by atoms with Gasteiger partial charge in [0.25, 0.3) is 0 Å². The lowest BCUT2D eigenvalue weighted by atomic mass is 10.00. The Morgan fingerprint density at radius 1 is 0.714 bits per heavy atom. The van der Waals surface area contributed by atoms with Crippen LogP contribution in [0.4, 0.5) is 8.78 Å². The van der Waals surface area contributed by atoms with Gasteiger partial charge in [0.05, 0.1) is 0 Å². The Morgan fingerprint density at radius 2 is 1.38 bits per heavy atom. The monoisotopic (exact) mass is 278 g/mol. The molecular weight excluding hydrogens is 266 g/mol. The van der Waals surface area contributed by atoms with Crippen LogP contribution in [-0.2, 0) is 0 Å². The Kier molecular flexibility index (Phi) is 3.41. The van der Waals surface area contributed by atoms with Gasteiger partial charge in [-0.15, -0.1) is 5.92 Å². The van der Waals surface area contributed by atoms with Gasteiger partial charge < -0.3 is 0 Å². The molecule has 0 unspecified atom stereocenters. The van der Waals surface area contributed by atoms with E-state index in [9.17, 15) is 8.78 Å². The van der Waals surface area contributed by atoms with E-state index in [0.29, 0.717) is 5.56 Å². The maximum absolute atomic E-state index is 13.3. The minimum absolute atomic E-state index is 0.660. The highest BCUT2D eigenvalue weighted by Gasteiger charge is 2.05. The fourth-order valence-corrected chi connectivity index (χ4v) is 2.32. The van der Waals surface area contributed by atoms with Gasteiger partial charge in [0.1, 0.15) is 0 Å². The third kappa shape index (κ3) is 2.64. The highest BCUT2D eigenvalue weighted by atomic mass is 19.2. The fraction of sp³-hybridized carbons (Fsp3) is 0.0526. The molecule has 3 rings (SSSR count). The van der Waals surface area contributed by atoms with Crippen molar-refractivity contribution in [2.45, 2.75) is 6.92 Å². The van der Waals surface area contributed by atoms with Crippen LogP contribution in [0.25, 0.3) is 21.9 Å². The molecule has 0 amide bonds. The Morgan fingerprint density at radius 3 is 2.14 bits per heavy atom. The maximum Gasteiger partial charge on any atom is 0.159 e. The number of fused-ring (bicyclic) bond motifs is 1. The van der Waals surface area contributed by atoms with Gasteiger partial charge in [-0.1, -0.05) is 30.2 Å². The standard InChI is InChI=1S/C19H12F2/c1-2-3-13-4-5-15-11-16(7-6-14(15)10-13)17-8-9-18(20)19(21)12-17/h4-12H,1H3. The van der Waals surface area contributed by atoms with Crippen molar-refractivity contribution in [3.05, 3.63) is 71.8 Å². The van der Waals surface area contributed by atoms with Gasteiger partial charge in [0.2, 0.25) is 0 Å². The zero-order chi connectivity index (χ0) is 14.8. The molecule has 0 aliphatic carbocycles. The molecule has 0 fully saturated rings. The molecule has 102 valence electrons. The molecule has 0 bridgehead atoms. The smallest absolute Gasteiger partial charge is 0.159 e. The summed E-state index contributed by atoms with van der Waals surface area (Å²) in [5, 5.41) is 2.11. The lowest BCUT2D eigenvalue weighted by Crippen LogP contribution is -1.86. The van der Waals surface area contributed by atoms with Crippen LogP contribution in [0.5, 0.6) is 0 Å². The largest absolute Gasteiger partial charge is 0.204 e. The first-order valence-electron chi connectivity index (χ1n) is 6.59. The quantitative estimate of drug-likeness (QED) is 0.539. The predicted molar refractivity (Wildman–Crippen MR) is 81.9 cm³/mol. The van der Waals surface area contributed by atoms with E-state index in [-0.39, 0.29) is 0 Å². The van der Waals surface area contributed by atoms with E-state index in [1.165, 1.54) is 6.07 Å². The van der Waals surface area contributed by atoms with E-state index < -0.39 is 11.6 Å². The fourth-order valence-electron chi connectivity index (χ4n) is 2.32. The van der Waals surface area contributed by atoms with Crippen molar-refractivity contribution in [2.75, 3.05) is 0 Å². The van der Waals surface area contributed by atoms with Gasteiger partial charge in [-0.05, 0) is 59.2 Å². The molecule has 0 heterocycles. The zero-order valence-corrected chi connectivity index (χ0v) is 11.5. The molecule has 2 heteroatoms. The van der Waals surface area contributed by atoms with E-state index in [2.05, 4.69) is 11.8 Å². The third-order valence-electron chi connectivity index (χ3n) is 3.36. The van der Waals surface area contributed by atoms with Crippen molar-refractivity contribution >= 4 is 10.8 Å². The van der Waals surface area contributed by atoms with Crippen LogP contribution in [0.3, 0.4) is 0 Å². The first-order valence-corrected chi connectivity index (χ1v) is 6.59. The molecule has 0 N–H and O–H groups in total. The molecule has 0 radical (unpaired) electrons. The molecule has 0 nitrogen and oxygen atoms in total. The molecule has 0 aliphatic heterocycles. The van der Waals surface area contributed by atoms with Crippen molar-refractivity contribution in [3.8, 4) is 23.0 Å². The van der Waals surface area contributed by atoms with E-state index >= 15 is 0 Å². The number of hydrogen-bond acceptors (Lipinski definition) is 0. The Hall–Kier alpha value is -2.66. The summed E-state index contributed by atoms with van der Waals surface area (Å²) in [6.45, 7) is 1.80. The normalized spacial score (nSPS) is 10.2. The van der Waals surface area contributed by atoms with Crippen LogP contribution in [0.1, 0.15) is 12.5 Å². The van der Waals surface area contributed by atoms with Gasteiger partial charge >= 0.3 is 0 Å². The van der Waals surface area contributed by atoms with Crippen LogP contribution in [-0.4, -0.2) is 0 Å². The molecule has 0 aromatic heterocycles. The van der Waals surface area contributed by atoms with Crippen molar-refractivity contribution in [1.82, 2.24) is 0 Å². The summed E-state index contributed by atoms with van der Waals surface area (Å²) in [4.78, 5) is 0. The van der Waals surface area contributed by atoms with Gasteiger partial charge in [0.15, 0.2) is 11.6 Å². The summed E-state index contributed by atoms with van der Waals surface area (Å²) < 4.78 is 26.3. The second-order valence-electron chi connectivity index (χ2n) is 4.78. The summed E-state index contributed by atoms with van der Waals surface area (Å²) in [5.74, 6) is 4.23. The van der Waals surface area contributed by atoms with Crippen molar-refractivity contribution in [2.24, 2.45) is 0 Å². The van der Waals surface area contributed by atoms with Crippen LogP contribution in [0.15, 0.2) is 54.6 Å². The number of rotatable bonds is 1. The molecule has 21 heavy (non-hydrogen) atoms. The summed E-state index contributed by atoms with van der Waals surface area (Å²) >= 11 is 0. The van der Waals surface area contributed by atoms with Gasteiger partial charge in [-0.3, -0.25) is 0 Å². The van der Waals surface area contributed by atoms with E-state index in [4.69, 9.17) is 0 Å². The van der Waals surface area contributed by atoms with Crippen molar-refractivity contribution in [3.63, 3.8) is 0 Å². The highest BCUT2D eigenvalue weighted by molar-refractivity contribution is 5.88. The average molecular weight is 278 g/mol. The molecule has 0 aliphatic rings. The molecule has 0 saturated carbocycles. The molecule has 3 aromatic rings. The summed E-state index contributed by atoms with van der Waals surface area (Å²) in [6.07, 6.45) is 0. The number of benzene rings is 3. The Labute approximate surface area is 122 Å². The zero-order valence-electron chi connectivity index (χ0n) is 11.5. The van der Waals surface area contributed by atoms with Gasteiger partial charge in [-0.2, -0.15) is 0 Å². The van der Waals surface area contributed by atoms with E-state index in [1.54, 1.807) is 13.0 Å². The first kappa shape index (κ1) is 13.3. The lowest BCUT2D eigenvalue weighted by Gasteiger charge is -2.05. The molecule has 0 atom stereocenters. The third-order valence-corrected chi connectivity index (χ3v) is 3.36. The molecular formula is C19H12F2. The minimum Gasteiger partial charge on any atom is -0.204 e. The second-order valence-corrected chi connectivity index (χ2v) is 4.78. The Balaban J connectivity index is 2.09. The summed E-state index contributed by atoms with van der Waals surface area (Å²) in [5.41, 5.74) is 2.48. The Bertz CT molecular complexity index is 883. The maximum atomic E-state index is 13.3. The van der Waals surface area contributed by atoms with E-state index in [0.717, 1.165) is 28.0 Å². The van der Waals surface area contributed by atoms with Gasteiger partial charge in [0, 0.05) is 5.56 Å². The van der Waals surface area contributed by atoms with E-state index in [1.807, 2.05) is 36.4 Å². The second kappa shape index (κ2) is 5.38. The lowest BCUT2D eigenvalue weighted by molar-refractivity contribution is 0.509. The minimum atomic E-state index is -0.832. The molecule has 0 saturated heterocycles. The molecule has 3 aromatic carbocycles. The number of hydrogen-bond donors (Lipinski definition) is 0. The summed E-state index contributed by atoms with van der Waals surface area (Å²) in [7, 11) is 0. The van der Waals surface area contributed by atoms with Crippen LogP contribution in [0.2, 0.25) is 0 Å². The van der Waals surface area contributed by atoms with Crippen LogP contribution < -0.4 is 0 Å². The number of halogens is 2. The predicted octanol–water partition coefficient (Wildman–Crippen LogP) is 5.16. The van der Waals surface area contributed by atoms with Gasteiger partial charge in [-0.25, -0.2) is 8.78 Å². The van der Waals surface area contributed by atoms with Crippen molar-refractivity contribution in [1.29, 1.82) is 0 Å². The van der Waals surface area contributed by atoms with Crippen molar-refractivity contribution < 1.29 is 8.78 Å². The van der Waals surface area contributed by atoms with Crippen LogP contribution in [0, 0.1) is 23.5 Å². The first-order chi connectivity index (χ1) is 10.2. The summed E-state index contributed by atoms with van der Waals surface area (Å²) in [6, 6.07) is 15.7. The van der Waals surface area contributed by atoms with Crippen LogP contribution >= 0.6 is 0 Å². The average Bonchev–Trinajstić information content (AvgIpc) is 2.50. The highest BCUT2D eigenvalue weighted by Crippen LogP contribution is 2.26. The topological polar surface area (TPSA) is 0 Å². The molecule has 0 spiro atoms. The SMILES string of the molecule is CC#Cc1ccc2cc(-c3ccc(F)c(F)c3)ccc2c1.